The number of hydrogen-bond donors (Lipinski definition) is 0. The fourth-order valence-electron chi connectivity index (χ4n) is 2.97. The second-order valence-corrected chi connectivity index (χ2v) is 6.16. The molecule has 2 aromatic carbocycles. The van der Waals surface area contributed by atoms with Gasteiger partial charge in [-0.1, -0.05) is 44.2 Å². The van der Waals surface area contributed by atoms with Crippen molar-refractivity contribution < 1.29 is 4.74 Å². The second kappa shape index (κ2) is 4.97. The van der Waals surface area contributed by atoms with Crippen LogP contribution in [-0.2, 0) is 6.42 Å². The van der Waals surface area contributed by atoms with Gasteiger partial charge in [-0.25, -0.2) is 0 Å². The van der Waals surface area contributed by atoms with E-state index in [4.69, 9.17) is 4.74 Å². The van der Waals surface area contributed by atoms with E-state index in [-0.39, 0.29) is 6.10 Å². The molecular weight excluding hydrogens is 244 g/mol. The van der Waals surface area contributed by atoms with Crippen LogP contribution in [0.15, 0.2) is 36.4 Å². The average molecular weight is 266 g/mol. The third kappa shape index (κ3) is 2.22. The van der Waals surface area contributed by atoms with Crippen molar-refractivity contribution in [2.45, 2.75) is 46.1 Å². The largest absolute Gasteiger partial charge is 0.489 e. The maximum atomic E-state index is 6.08. The zero-order chi connectivity index (χ0) is 14.3. The zero-order valence-electron chi connectivity index (χ0n) is 12.7. The van der Waals surface area contributed by atoms with Crippen molar-refractivity contribution in [1.29, 1.82) is 0 Å². The van der Waals surface area contributed by atoms with Crippen LogP contribution in [0.4, 0.5) is 0 Å². The molecule has 0 radical (unpaired) electrons. The van der Waals surface area contributed by atoms with Crippen LogP contribution in [-0.4, -0.2) is 6.10 Å². The summed E-state index contributed by atoms with van der Waals surface area (Å²) in [6.45, 7) is 8.82. The molecule has 0 spiro atoms. The summed E-state index contributed by atoms with van der Waals surface area (Å²) >= 11 is 0. The Morgan fingerprint density at radius 1 is 1.10 bits per heavy atom. The van der Waals surface area contributed by atoms with Crippen LogP contribution in [0.2, 0.25) is 0 Å². The predicted octanol–water partition coefficient (Wildman–Crippen LogP) is 5.11. The standard InChI is InChI=1S/C19H22O/c1-12(2)15-10-16-9-14(4)20-19(16)18(11-15)17-8-6-5-7-13(17)3/h5-8,10-12,14H,9H2,1-4H3. The molecule has 0 saturated heterocycles. The Hall–Kier alpha value is -1.76. The van der Waals surface area contributed by atoms with Crippen molar-refractivity contribution in [3.8, 4) is 16.9 Å². The van der Waals surface area contributed by atoms with E-state index in [2.05, 4.69) is 64.1 Å². The minimum Gasteiger partial charge on any atom is -0.489 e. The Labute approximate surface area is 121 Å². The van der Waals surface area contributed by atoms with Gasteiger partial charge < -0.3 is 4.74 Å². The van der Waals surface area contributed by atoms with Gasteiger partial charge in [0.1, 0.15) is 11.9 Å². The summed E-state index contributed by atoms with van der Waals surface area (Å²) in [5, 5.41) is 0. The molecule has 3 rings (SSSR count). The lowest BCUT2D eigenvalue weighted by atomic mass is 9.91. The molecule has 1 aliphatic rings. The Kier molecular flexibility index (Phi) is 3.29. The van der Waals surface area contributed by atoms with Crippen molar-refractivity contribution in [3.63, 3.8) is 0 Å². The van der Waals surface area contributed by atoms with E-state index < -0.39 is 0 Å². The summed E-state index contributed by atoms with van der Waals surface area (Å²) in [6.07, 6.45) is 1.31. The summed E-state index contributed by atoms with van der Waals surface area (Å²) < 4.78 is 6.08. The van der Waals surface area contributed by atoms with Gasteiger partial charge in [-0.2, -0.15) is 0 Å². The summed E-state index contributed by atoms with van der Waals surface area (Å²) in [4.78, 5) is 0. The quantitative estimate of drug-likeness (QED) is 0.734. The lowest BCUT2D eigenvalue weighted by Gasteiger charge is -2.15. The number of rotatable bonds is 2. The number of hydrogen-bond acceptors (Lipinski definition) is 1. The third-order valence-electron chi connectivity index (χ3n) is 4.12. The first-order chi connectivity index (χ1) is 9.56. The molecule has 0 fully saturated rings. The molecule has 0 amide bonds. The molecule has 20 heavy (non-hydrogen) atoms. The molecule has 1 nitrogen and oxygen atoms in total. The maximum Gasteiger partial charge on any atom is 0.130 e. The first-order valence-corrected chi connectivity index (χ1v) is 7.45. The highest BCUT2D eigenvalue weighted by molar-refractivity contribution is 5.76. The van der Waals surface area contributed by atoms with E-state index >= 15 is 0 Å². The van der Waals surface area contributed by atoms with E-state index in [1.807, 2.05) is 0 Å². The summed E-state index contributed by atoms with van der Waals surface area (Å²) in [7, 11) is 0. The summed E-state index contributed by atoms with van der Waals surface area (Å²) in [6, 6.07) is 13.2. The Morgan fingerprint density at radius 2 is 1.85 bits per heavy atom. The second-order valence-electron chi connectivity index (χ2n) is 6.16. The summed E-state index contributed by atoms with van der Waals surface area (Å²) in [5.74, 6) is 1.63. The SMILES string of the molecule is Cc1ccccc1-c1cc(C(C)C)cc2c1OC(C)C2. The van der Waals surface area contributed by atoms with Crippen LogP contribution in [0.25, 0.3) is 11.1 Å². The Morgan fingerprint density at radius 3 is 2.55 bits per heavy atom. The molecule has 0 saturated carbocycles. The predicted molar refractivity (Wildman–Crippen MR) is 84.5 cm³/mol. The van der Waals surface area contributed by atoms with Crippen molar-refractivity contribution in [2.75, 3.05) is 0 Å². The van der Waals surface area contributed by atoms with Gasteiger partial charge in [-0.15, -0.1) is 0 Å². The van der Waals surface area contributed by atoms with E-state index in [0.29, 0.717) is 5.92 Å². The molecule has 1 aliphatic heterocycles. The number of ether oxygens (including phenoxy) is 1. The number of benzene rings is 2. The highest BCUT2D eigenvalue weighted by Gasteiger charge is 2.24. The van der Waals surface area contributed by atoms with E-state index in [0.717, 1.165) is 12.2 Å². The smallest absolute Gasteiger partial charge is 0.130 e. The zero-order valence-corrected chi connectivity index (χ0v) is 12.7. The van der Waals surface area contributed by atoms with Crippen molar-refractivity contribution in [3.05, 3.63) is 53.1 Å². The molecule has 0 aromatic heterocycles. The van der Waals surface area contributed by atoms with Crippen molar-refractivity contribution in [1.82, 2.24) is 0 Å². The molecule has 0 bridgehead atoms. The van der Waals surface area contributed by atoms with Gasteiger partial charge in [0.25, 0.3) is 0 Å². The van der Waals surface area contributed by atoms with Gasteiger partial charge in [0.2, 0.25) is 0 Å². The molecule has 1 heterocycles. The van der Waals surface area contributed by atoms with Crippen LogP contribution < -0.4 is 4.74 Å². The van der Waals surface area contributed by atoms with E-state index in [1.54, 1.807) is 0 Å². The van der Waals surface area contributed by atoms with Crippen molar-refractivity contribution >= 4 is 0 Å². The fourth-order valence-corrected chi connectivity index (χ4v) is 2.97. The molecule has 1 heteroatoms. The molecule has 0 N–H and O–H groups in total. The van der Waals surface area contributed by atoms with E-state index in [9.17, 15) is 0 Å². The Bertz CT molecular complexity index is 640. The normalized spacial score (nSPS) is 17.1. The van der Waals surface area contributed by atoms with Crippen LogP contribution in [0.1, 0.15) is 43.4 Å². The minimum absolute atomic E-state index is 0.287. The minimum atomic E-state index is 0.287. The monoisotopic (exact) mass is 266 g/mol. The van der Waals surface area contributed by atoms with Gasteiger partial charge in [0, 0.05) is 12.0 Å². The lowest BCUT2D eigenvalue weighted by Crippen LogP contribution is -2.05. The summed E-state index contributed by atoms with van der Waals surface area (Å²) in [5.41, 5.74) is 6.62. The van der Waals surface area contributed by atoms with Crippen molar-refractivity contribution in [2.24, 2.45) is 0 Å². The maximum absolute atomic E-state index is 6.08. The number of fused-ring (bicyclic) bond motifs is 1. The van der Waals surface area contributed by atoms with Gasteiger partial charge in [0.05, 0.1) is 0 Å². The van der Waals surface area contributed by atoms with Gasteiger partial charge in [0.15, 0.2) is 0 Å². The topological polar surface area (TPSA) is 9.23 Å². The lowest BCUT2D eigenvalue weighted by molar-refractivity contribution is 0.255. The first-order valence-electron chi connectivity index (χ1n) is 7.45. The molecule has 0 aliphatic carbocycles. The van der Waals surface area contributed by atoms with Crippen LogP contribution in [0.3, 0.4) is 0 Å². The van der Waals surface area contributed by atoms with Gasteiger partial charge in [-0.3, -0.25) is 0 Å². The van der Waals surface area contributed by atoms with Gasteiger partial charge >= 0.3 is 0 Å². The molecule has 2 aromatic rings. The third-order valence-corrected chi connectivity index (χ3v) is 4.12. The van der Waals surface area contributed by atoms with Crippen LogP contribution in [0.5, 0.6) is 5.75 Å². The Balaban J connectivity index is 2.22. The molecule has 104 valence electrons. The van der Waals surface area contributed by atoms with E-state index in [1.165, 1.54) is 27.8 Å². The highest BCUT2D eigenvalue weighted by Crippen LogP contribution is 2.42. The highest BCUT2D eigenvalue weighted by atomic mass is 16.5. The molecular formula is C19H22O. The fraction of sp³-hybridized carbons (Fsp3) is 0.368. The molecule has 1 atom stereocenters. The average Bonchev–Trinajstić information content (AvgIpc) is 2.78. The molecule has 1 unspecified atom stereocenters. The van der Waals surface area contributed by atoms with Crippen LogP contribution >= 0.6 is 0 Å². The van der Waals surface area contributed by atoms with Crippen LogP contribution in [0, 0.1) is 6.92 Å². The van der Waals surface area contributed by atoms with Gasteiger partial charge in [-0.05, 0) is 48.1 Å². The first kappa shape index (κ1) is 13.2. The number of aryl methyl sites for hydroxylation is 1.